The molecule has 12 nitrogen and oxygen atoms in total. The van der Waals surface area contributed by atoms with E-state index in [-0.39, 0.29) is 11.8 Å². The molecule has 0 aromatic carbocycles. The normalized spacial score (nSPS) is 33.0. The number of fused-ring (bicyclic) bond motifs is 1. The minimum atomic E-state index is -3.90. The average molecular weight is 380 g/mol. The number of nitrogens with one attached hydrogen (secondary N) is 1. The Morgan fingerprint density at radius 1 is 1.42 bits per heavy atom. The van der Waals surface area contributed by atoms with Crippen molar-refractivity contribution in [3.05, 3.63) is 12.0 Å². The Balaban J connectivity index is 1.83. The van der Waals surface area contributed by atoms with Gasteiger partial charge in [0.1, 0.15) is 30.2 Å². The zero-order chi connectivity index (χ0) is 17.6. The molecule has 0 saturated carbocycles. The lowest BCUT2D eigenvalue weighted by Crippen LogP contribution is -2.41. The third-order valence-electron chi connectivity index (χ3n) is 3.64. The average Bonchev–Trinajstić information content (AvgIpc) is 3.00. The van der Waals surface area contributed by atoms with Crippen LogP contribution in [0.2, 0.25) is 0 Å². The topological polar surface area (TPSA) is 194 Å². The Morgan fingerprint density at radius 2 is 2.12 bits per heavy atom. The summed E-state index contributed by atoms with van der Waals surface area (Å²) in [5.41, 5.74) is 11.9. The largest absolute Gasteiger partial charge is 0.387 e. The van der Waals surface area contributed by atoms with Crippen molar-refractivity contribution in [1.29, 1.82) is 0 Å². The van der Waals surface area contributed by atoms with Gasteiger partial charge in [-0.25, -0.2) is 4.98 Å². The zero-order valence-electron chi connectivity index (χ0n) is 12.1. The van der Waals surface area contributed by atoms with E-state index in [1.165, 1.54) is 10.9 Å². The maximum absolute atomic E-state index is 10.2. The van der Waals surface area contributed by atoms with Gasteiger partial charge < -0.3 is 46.0 Å². The number of aromatic nitrogens is 2. The summed E-state index contributed by atoms with van der Waals surface area (Å²) < 4.78 is 11.6. The van der Waals surface area contributed by atoms with Crippen molar-refractivity contribution >= 4 is 30.3 Å². The summed E-state index contributed by atoms with van der Waals surface area (Å²) in [6, 6.07) is 0. The van der Waals surface area contributed by atoms with Gasteiger partial charge in [0.05, 0.1) is 12.9 Å². The molecule has 0 radical (unpaired) electrons. The first-order valence-corrected chi connectivity index (χ1v) is 9.44. The summed E-state index contributed by atoms with van der Waals surface area (Å²) in [7, 11) is 0. The fraction of sp³-hybridized carbons (Fsp3) is 0.600. The number of imidazole rings is 1. The monoisotopic (exact) mass is 380 g/mol. The predicted molar refractivity (Wildman–Crippen MR) is 84.2 cm³/mol. The van der Waals surface area contributed by atoms with Crippen molar-refractivity contribution in [3.8, 4) is 0 Å². The molecule has 5 atom stereocenters. The van der Waals surface area contributed by atoms with E-state index in [4.69, 9.17) is 26.0 Å². The van der Waals surface area contributed by atoms with Crippen LogP contribution in [0, 0.1) is 0 Å². The highest BCUT2D eigenvalue weighted by Crippen LogP contribution is 2.40. The lowest BCUT2D eigenvalue weighted by atomic mass is 10.1. The van der Waals surface area contributed by atoms with E-state index in [0.29, 0.717) is 5.69 Å². The molecule has 2 unspecified atom stereocenters. The number of aliphatic hydroxyl groups is 2. The molecule has 3 heterocycles. The molecule has 3 rings (SSSR count). The molecule has 1 fully saturated rings. The second-order valence-electron chi connectivity index (χ2n) is 5.31. The Morgan fingerprint density at radius 3 is 2.79 bits per heavy atom. The minimum absolute atomic E-state index is 0.0749. The third kappa shape index (κ3) is 3.31. The Hall–Kier alpha value is -1.15. The number of guanidine groups is 1. The second kappa shape index (κ2) is 6.29. The van der Waals surface area contributed by atoms with Crippen LogP contribution < -0.4 is 16.8 Å². The Kier molecular flexibility index (Phi) is 4.63. The maximum atomic E-state index is 10.2. The van der Waals surface area contributed by atoms with E-state index in [2.05, 4.69) is 31.6 Å². The number of aliphatic hydroxyl groups excluding tert-OH is 2. The summed E-state index contributed by atoms with van der Waals surface area (Å²) in [6.07, 6.45) is -4.07. The highest BCUT2D eigenvalue weighted by atomic mass is 32.5. The van der Waals surface area contributed by atoms with E-state index in [1.807, 2.05) is 0 Å². The van der Waals surface area contributed by atoms with Gasteiger partial charge in [0, 0.05) is 0 Å². The molecule has 0 spiro atoms. The van der Waals surface area contributed by atoms with Crippen molar-refractivity contribution < 1.29 is 29.3 Å². The van der Waals surface area contributed by atoms with E-state index < -0.39 is 44.0 Å². The molecule has 0 amide bonds. The quantitative estimate of drug-likeness (QED) is 0.267. The summed E-state index contributed by atoms with van der Waals surface area (Å²) >= 11 is 4.34. The number of nitrogens with zero attached hydrogens (tertiary/aromatic N) is 3. The van der Waals surface area contributed by atoms with Crippen LogP contribution in [0.5, 0.6) is 0 Å². The van der Waals surface area contributed by atoms with Gasteiger partial charge in [0.2, 0.25) is 0 Å². The van der Waals surface area contributed by atoms with Crippen LogP contribution in [-0.2, 0) is 21.1 Å². The number of hydrogen-bond acceptors (Lipinski definition) is 10. The van der Waals surface area contributed by atoms with Crippen molar-refractivity contribution in [2.75, 3.05) is 6.61 Å². The second-order valence-corrected chi connectivity index (χ2v) is 7.98. The number of rotatable bonds is 4. The molecule has 14 heteroatoms. The molecular formula is C10H17N6O6PS. The van der Waals surface area contributed by atoms with Gasteiger partial charge in [-0.15, -0.1) is 0 Å². The van der Waals surface area contributed by atoms with Crippen molar-refractivity contribution in [1.82, 2.24) is 14.9 Å². The Bertz CT molecular complexity index is 708. The predicted octanol–water partition coefficient (Wildman–Crippen LogP) is -2.77. The fourth-order valence-electron chi connectivity index (χ4n) is 2.53. The number of nitrogens with two attached hydrogens (primary N) is 2. The molecule has 2 aliphatic heterocycles. The molecule has 0 bridgehead atoms. The lowest BCUT2D eigenvalue weighted by Gasteiger charge is -2.22. The molecule has 0 aliphatic carbocycles. The van der Waals surface area contributed by atoms with Crippen molar-refractivity contribution in [3.63, 3.8) is 0 Å². The van der Waals surface area contributed by atoms with Crippen LogP contribution in [0.4, 0.5) is 5.82 Å². The highest BCUT2D eigenvalue weighted by Gasteiger charge is 2.45. The van der Waals surface area contributed by atoms with Crippen LogP contribution in [0.3, 0.4) is 0 Å². The number of aliphatic imine (C=N–C) groups is 1. The van der Waals surface area contributed by atoms with Crippen molar-refractivity contribution in [2.24, 2.45) is 16.5 Å². The fourth-order valence-corrected chi connectivity index (χ4v) is 3.05. The smallest absolute Gasteiger partial charge is 0.321 e. The van der Waals surface area contributed by atoms with Gasteiger partial charge in [0.25, 0.3) is 0 Å². The van der Waals surface area contributed by atoms with Crippen LogP contribution in [0.25, 0.3) is 0 Å². The molecule has 134 valence electrons. The first kappa shape index (κ1) is 17.7. The Labute approximate surface area is 141 Å². The third-order valence-corrected chi connectivity index (χ3v) is 4.44. The molecule has 1 aromatic rings. The summed E-state index contributed by atoms with van der Waals surface area (Å²) in [4.78, 5) is 26.4. The first-order chi connectivity index (χ1) is 11.2. The minimum Gasteiger partial charge on any atom is -0.387 e. The van der Waals surface area contributed by atoms with Gasteiger partial charge in [-0.1, -0.05) is 0 Å². The van der Waals surface area contributed by atoms with Crippen LogP contribution in [-0.4, -0.2) is 60.4 Å². The lowest BCUT2D eigenvalue weighted by molar-refractivity contribution is -0.0496. The van der Waals surface area contributed by atoms with E-state index >= 15 is 0 Å². The van der Waals surface area contributed by atoms with Crippen molar-refractivity contribution in [2.45, 2.75) is 30.7 Å². The van der Waals surface area contributed by atoms with Gasteiger partial charge in [-0.05, 0) is 11.8 Å². The van der Waals surface area contributed by atoms with E-state index in [9.17, 15) is 10.2 Å². The van der Waals surface area contributed by atoms with Gasteiger partial charge >= 0.3 is 6.72 Å². The summed E-state index contributed by atoms with van der Waals surface area (Å²) in [5.74, 6) is 0.358. The molecule has 2 aliphatic rings. The maximum Gasteiger partial charge on any atom is 0.321 e. The summed E-state index contributed by atoms with van der Waals surface area (Å²) in [5, 5.41) is 23.0. The van der Waals surface area contributed by atoms with Crippen LogP contribution >= 0.6 is 6.72 Å². The molecule has 1 aromatic heterocycles. The number of hydrogen-bond donors (Lipinski definition) is 7. The molecular weight excluding hydrogens is 363 g/mol. The molecule has 1 saturated heterocycles. The summed E-state index contributed by atoms with van der Waals surface area (Å²) in [6.45, 7) is -4.30. The molecule has 24 heavy (non-hydrogen) atoms. The van der Waals surface area contributed by atoms with Gasteiger partial charge in [-0.3, -0.25) is 4.57 Å². The van der Waals surface area contributed by atoms with Crippen LogP contribution in [0.15, 0.2) is 11.3 Å². The number of ether oxygens (including phenoxy) is 1. The van der Waals surface area contributed by atoms with Gasteiger partial charge in [-0.2, -0.15) is 4.99 Å². The highest BCUT2D eigenvalue weighted by molar-refractivity contribution is 8.06. The molecule has 9 N–H and O–H groups in total. The van der Waals surface area contributed by atoms with Crippen LogP contribution in [0.1, 0.15) is 18.1 Å². The van der Waals surface area contributed by atoms with E-state index in [0.717, 1.165) is 0 Å². The first-order valence-electron chi connectivity index (χ1n) is 6.82. The standard InChI is InChI=1S/C10H17N6O6PS/c11-7-4-8(15-10(12)14-7)16(2-13-4)9-6(18)5(17)3(22-9)1-21-23(19,20)24/h2-3,5-7,9,17-18H,1,11H2,(H3,12,14,15)(H2,19,20,24)/t3-,5+,6?,7?,9-/m1/s1. The zero-order valence-corrected chi connectivity index (χ0v) is 13.8. The van der Waals surface area contributed by atoms with Gasteiger partial charge in [0.15, 0.2) is 18.0 Å². The SMILES string of the molecule is NC1=Nc2c(ncn2[C@@H]2O[C@H](COP(O)(O)=S)[C@H](O)C2O)C(N)N1. The van der Waals surface area contributed by atoms with E-state index in [1.54, 1.807) is 0 Å².